The number of rotatable bonds is 4. The first-order valence-electron chi connectivity index (χ1n) is 6.90. The molecule has 2 atom stereocenters. The first-order chi connectivity index (χ1) is 9.21. The largest absolute Gasteiger partial charge is 0.387 e. The molecule has 1 spiro atoms. The molecular formula is C14H21ClN2O2S. The predicted molar refractivity (Wildman–Crippen MR) is 82.2 cm³/mol. The van der Waals surface area contributed by atoms with Gasteiger partial charge in [-0.15, -0.1) is 12.4 Å². The Morgan fingerprint density at radius 3 is 2.95 bits per heavy atom. The van der Waals surface area contributed by atoms with E-state index in [4.69, 9.17) is 0 Å². The summed E-state index contributed by atoms with van der Waals surface area (Å²) in [4.78, 5) is 12.1. The van der Waals surface area contributed by atoms with Gasteiger partial charge in [0.05, 0.1) is 6.10 Å². The first kappa shape index (κ1) is 15.8. The van der Waals surface area contributed by atoms with Crippen LogP contribution in [0.1, 0.15) is 30.9 Å². The second-order valence-corrected chi connectivity index (χ2v) is 6.47. The average molecular weight is 317 g/mol. The molecule has 2 aliphatic rings. The molecule has 1 aliphatic carbocycles. The first-order valence-corrected chi connectivity index (χ1v) is 7.84. The van der Waals surface area contributed by atoms with Gasteiger partial charge in [-0.2, -0.15) is 11.3 Å². The number of nitrogens with one attached hydrogen (secondary N) is 2. The maximum Gasteiger partial charge on any atom is 0.223 e. The lowest BCUT2D eigenvalue weighted by atomic mass is 9.92. The van der Waals surface area contributed by atoms with Crippen molar-refractivity contribution < 1.29 is 9.90 Å². The van der Waals surface area contributed by atoms with Crippen LogP contribution in [-0.2, 0) is 4.79 Å². The van der Waals surface area contributed by atoms with Gasteiger partial charge in [0, 0.05) is 12.5 Å². The van der Waals surface area contributed by atoms with E-state index in [0.29, 0.717) is 6.54 Å². The number of thiophene rings is 1. The van der Waals surface area contributed by atoms with E-state index >= 15 is 0 Å². The Hall–Kier alpha value is -0.620. The number of piperidine rings is 1. The third kappa shape index (κ3) is 3.17. The zero-order valence-electron chi connectivity index (χ0n) is 11.3. The lowest BCUT2D eigenvalue weighted by Crippen LogP contribution is -2.35. The Bertz CT molecular complexity index is 446. The highest BCUT2D eigenvalue weighted by Gasteiger charge is 2.57. The van der Waals surface area contributed by atoms with Crippen LogP contribution in [0.3, 0.4) is 0 Å². The van der Waals surface area contributed by atoms with Crippen molar-refractivity contribution >= 4 is 29.7 Å². The van der Waals surface area contributed by atoms with E-state index in [1.807, 2.05) is 16.8 Å². The SMILES string of the molecule is Cl.O=C(NCC(O)c1ccsc1)C1CC12CCNCC2. The van der Waals surface area contributed by atoms with E-state index in [1.54, 1.807) is 11.3 Å². The van der Waals surface area contributed by atoms with E-state index in [1.165, 1.54) is 0 Å². The summed E-state index contributed by atoms with van der Waals surface area (Å²) in [6.07, 6.45) is 2.66. The minimum Gasteiger partial charge on any atom is -0.387 e. The van der Waals surface area contributed by atoms with Gasteiger partial charge < -0.3 is 15.7 Å². The summed E-state index contributed by atoms with van der Waals surface area (Å²) in [5.41, 5.74) is 1.15. The smallest absolute Gasteiger partial charge is 0.223 e. The Balaban J connectivity index is 0.00000147. The standard InChI is InChI=1S/C14H20N2O2S.ClH/c17-12(10-1-6-19-9-10)8-16-13(18)11-7-14(11)2-4-15-5-3-14;/h1,6,9,11-12,15,17H,2-5,7-8H2,(H,16,18);1H. The van der Waals surface area contributed by atoms with Crippen molar-refractivity contribution in [3.63, 3.8) is 0 Å². The van der Waals surface area contributed by atoms with E-state index < -0.39 is 6.10 Å². The van der Waals surface area contributed by atoms with E-state index in [2.05, 4.69) is 10.6 Å². The maximum atomic E-state index is 12.1. The van der Waals surface area contributed by atoms with Crippen LogP contribution in [0.15, 0.2) is 16.8 Å². The lowest BCUT2D eigenvalue weighted by Gasteiger charge is -2.23. The summed E-state index contributed by atoms with van der Waals surface area (Å²) in [7, 11) is 0. The number of amides is 1. The highest BCUT2D eigenvalue weighted by molar-refractivity contribution is 7.07. The Morgan fingerprint density at radius 1 is 1.55 bits per heavy atom. The minimum atomic E-state index is -0.585. The fourth-order valence-electron chi connectivity index (χ4n) is 3.10. The van der Waals surface area contributed by atoms with Crippen molar-refractivity contribution in [3.8, 4) is 0 Å². The highest BCUT2D eigenvalue weighted by Crippen LogP contribution is 2.58. The molecule has 20 heavy (non-hydrogen) atoms. The summed E-state index contributed by atoms with van der Waals surface area (Å²) in [5, 5.41) is 20.0. The normalized spacial score (nSPS) is 24.8. The fraction of sp³-hybridized carbons (Fsp3) is 0.643. The summed E-state index contributed by atoms with van der Waals surface area (Å²) >= 11 is 1.56. The van der Waals surface area contributed by atoms with Crippen LogP contribution in [-0.4, -0.2) is 30.6 Å². The monoisotopic (exact) mass is 316 g/mol. The molecular weight excluding hydrogens is 296 g/mol. The Kier molecular flexibility index (Phi) is 5.07. The molecule has 2 unspecified atom stereocenters. The highest BCUT2D eigenvalue weighted by atomic mass is 35.5. The zero-order valence-corrected chi connectivity index (χ0v) is 12.9. The molecule has 3 rings (SSSR count). The molecule has 1 aromatic heterocycles. The third-order valence-electron chi connectivity index (χ3n) is 4.50. The summed E-state index contributed by atoms with van der Waals surface area (Å²) in [5.74, 6) is 0.292. The number of aliphatic hydroxyl groups excluding tert-OH is 1. The molecule has 2 heterocycles. The van der Waals surface area contributed by atoms with Crippen LogP contribution in [0, 0.1) is 11.3 Å². The Labute approximate surface area is 129 Å². The van der Waals surface area contributed by atoms with Crippen molar-refractivity contribution in [2.75, 3.05) is 19.6 Å². The van der Waals surface area contributed by atoms with Crippen LogP contribution < -0.4 is 10.6 Å². The van der Waals surface area contributed by atoms with Gasteiger partial charge in [-0.1, -0.05) is 0 Å². The van der Waals surface area contributed by atoms with Gasteiger partial charge in [-0.25, -0.2) is 0 Å². The number of carbonyl (C=O) groups is 1. The van der Waals surface area contributed by atoms with Crippen molar-refractivity contribution in [1.29, 1.82) is 0 Å². The average Bonchev–Trinajstić information content (AvgIpc) is 2.90. The molecule has 1 saturated carbocycles. The molecule has 112 valence electrons. The van der Waals surface area contributed by atoms with Gasteiger partial charge in [0.25, 0.3) is 0 Å². The van der Waals surface area contributed by atoms with Gasteiger partial charge in [-0.3, -0.25) is 4.79 Å². The quantitative estimate of drug-likeness (QED) is 0.792. The summed E-state index contributed by atoms with van der Waals surface area (Å²) in [6, 6.07) is 1.90. The van der Waals surface area contributed by atoms with Gasteiger partial charge >= 0.3 is 0 Å². The lowest BCUT2D eigenvalue weighted by molar-refractivity contribution is -0.123. The molecule has 1 aromatic rings. The molecule has 0 radical (unpaired) electrons. The van der Waals surface area contributed by atoms with Gasteiger partial charge in [-0.05, 0) is 60.2 Å². The van der Waals surface area contributed by atoms with Crippen molar-refractivity contribution in [3.05, 3.63) is 22.4 Å². The van der Waals surface area contributed by atoms with Crippen LogP contribution in [0.5, 0.6) is 0 Å². The molecule has 1 aliphatic heterocycles. The molecule has 1 saturated heterocycles. The molecule has 0 aromatic carbocycles. The van der Waals surface area contributed by atoms with E-state index in [0.717, 1.165) is 37.9 Å². The van der Waals surface area contributed by atoms with Crippen LogP contribution >= 0.6 is 23.7 Å². The van der Waals surface area contributed by atoms with Crippen molar-refractivity contribution in [1.82, 2.24) is 10.6 Å². The fourth-order valence-corrected chi connectivity index (χ4v) is 3.81. The topological polar surface area (TPSA) is 61.4 Å². The molecule has 0 bridgehead atoms. The molecule has 4 nitrogen and oxygen atoms in total. The number of halogens is 1. The van der Waals surface area contributed by atoms with Crippen molar-refractivity contribution in [2.24, 2.45) is 11.3 Å². The van der Waals surface area contributed by atoms with Crippen LogP contribution in [0.25, 0.3) is 0 Å². The number of hydrogen-bond acceptors (Lipinski definition) is 4. The number of aliphatic hydroxyl groups is 1. The maximum absolute atomic E-state index is 12.1. The van der Waals surface area contributed by atoms with Crippen molar-refractivity contribution in [2.45, 2.75) is 25.4 Å². The molecule has 1 amide bonds. The number of carbonyl (C=O) groups excluding carboxylic acids is 1. The van der Waals surface area contributed by atoms with E-state index in [-0.39, 0.29) is 29.6 Å². The van der Waals surface area contributed by atoms with Crippen LogP contribution in [0.2, 0.25) is 0 Å². The van der Waals surface area contributed by atoms with E-state index in [9.17, 15) is 9.90 Å². The third-order valence-corrected chi connectivity index (χ3v) is 5.20. The second kappa shape index (κ2) is 6.43. The van der Waals surface area contributed by atoms with Gasteiger partial charge in [0.2, 0.25) is 5.91 Å². The van der Waals surface area contributed by atoms with Crippen LogP contribution in [0.4, 0.5) is 0 Å². The minimum absolute atomic E-state index is 0. The molecule has 6 heteroatoms. The Morgan fingerprint density at radius 2 is 2.30 bits per heavy atom. The summed E-state index contributed by atoms with van der Waals surface area (Å²) < 4.78 is 0. The summed E-state index contributed by atoms with van der Waals surface area (Å²) in [6.45, 7) is 2.38. The zero-order chi connectivity index (χ0) is 13.3. The molecule has 3 N–H and O–H groups in total. The number of hydrogen-bond donors (Lipinski definition) is 3. The second-order valence-electron chi connectivity index (χ2n) is 5.69. The predicted octanol–water partition coefficient (Wildman–Crippen LogP) is 1.71. The van der Waals surface area contributed by atoms with Gasteiger partial charge in [0.1, 0.15) is 0 Å². The molecule has 2 fully saturated rings. The van der Waals surface area contributed by atoms with Gasteiger partial charge in [0.15, 0.2) is 0 Å².